The number of nitrogens with zero attached hydrogens (tertiary/aromatic N) is 1. The lowest BCUT2D eigenvalue weighted by Gasteiger charge is -2.34. The Labute approximate surface area is 114 Å². The molecule has 2 fully saturated rings. The van der Waals surface area contributed by atoms with Crippen LogP contribution in [-0.4, -0.2) is 57.4 Å². The van der Waals surface area contributed by atoms with Crippen molar-refractivity contribution in [3.05, 3.63) is 0 Å². The van der Waals surface area contributed by atoms with Crippen LogP contribution in [0.15, 0.2) is 0 Å². The van der Waals surface area contributed by atoms with Crippen molar-refractivity contribution in [2.75, 3.05) is 33.4 Å². The average molecular weight is 291 g/mol. The maximum Gasteiger partial charge on any atom is 0.309 e. The van der Waals surface area contributed by atoms with Crippen LogP contribution >= 0.6 is 0 Å². The lowest BCUT2D eigenvalue weighted by molar-refractivity contribution is -0.146. The van der Waals surface area contributed by atoms with Crippen molar-refractivity contribution >= 4 is 16.0 Å². The van der Waals surface area contributed by atoms with E-state index in [0.717, 1.165) is 0 Å². The number of ether oxygens (including phenoxy) is 2. The largest absolute Gasteiger partial charge is 0.469 e. The summed E-state index contributed by atoms with van der Waals surface area (Å²) < 4.78 is 36.4. The highest BCUT2D eigenvalue weighted by molar-refractivity contribution is 7.89. The molecule has 0 aromatic rings. The molecule has 2 aliphatic heterocycles. The zero-order chi connectivity index (χ0) is 13.9. The van der Waals surface area contributed by atoms with Crippen molar-refractivity contribution in [3.63, 3.8) is 0 Å². The van der Waals surface area contributed by atoms with Crippen LogP contribution < -0.4 is 0 Å². The summed E-state index contributed by atoms with van der Waals surface area (Å²) in [5.41, 5.74) is 0. The van der Waals surface area contributed by atoms with Crippen molar-refractivity contribution in [3.8, 4) is 0 Å². The highest BCUT2D eigenvalue weighted by Gasteiger charge is 2.37. The van der Waals surface area contributed by atoms with E-state index >= 15 is 0 Å². The van der Waals surface area contributed by atoms with E-state index in [4.69, 9.17) is 9.47 Å². The number of hydrogen-bond acceptors (Lipinski definition) is 5. The Hall–Kier alpha value is -0.660. The summed E-state index contributed by atoms with van der Waals surface area (Å²) in [6.07, 6.45) is 2.50. The Bertz CT molecular complexity index is 416. The minimum atomic E-state index is -3.31. The average Bonchev–Trinajstić information content (AvgIpc) is 2.47. The first-order valence-electron chi connectivity index (χ1n) is 6.70. The minimum absolute atomic E-state index is 0.256. The van der Waals surface area contributed by atoms with E-state index in [1.807, 2.05) is 0 Å². The number of hydrogen-bond donors (Lipinski definition) is 0. The van der Waals surface area contributed by atoms with Gasteiger partial charge in [0.15, 0.2) is 0 Å². The van der Waals surface area contributed by atoms with E-state index in [-0.39, 0.29) is 23.7 Å². The molecule has 1 unspecified atom stereocenters. The molecule has 1 atom stereocenters. The number of carbonyl (C=O) groups is 1. The molecule has 110 valence electrons. The van der Waals surface area contributed by atoms with Gasteiger partial charge < -0.3 is 9.47 Å². The summed E-state index contributed by atoms with van der Waals surface area (Å²) in [6, 6.07) is 0. The molecule has 19 heavy (non-hydrogen) atoms. The first-order chi connectivity index (χ1) is 9.05. The lowest BCUT2D eigenvalue weighted by atomic mass is 10.0. The van der Waals surface area contributed by atoms with Crippen LogP contribution in [0.25, 0.3) is 0 Å². The number of carbonyl (C=O) groups excluding carboxylic acids is 1. The minimum Gasteiger partial charge on any atom is -0.469 e. The van der Waals surface area contributed by atoms with Crippen LogP contribution in [0.3, 0.4) is 0 Å². The number of rotatable bonds is 3. The van der Waals surface area contributed by atoms with Crippen LogP contribution in [-0.2, 0) is 24.3 Å². The third kappa shape index (κ3) is 3.27. The van der Waals surface area contributed by atoms with E-state index in [1.165, 1.54) is 11.4 Å². The molecule has 0 N–H and O–H groups in total. The molecule has 0 bridgehead atoms. The molecule has 7 heteroatoms. The lowest BCUT2D eigenvalue weighted by Crippen LogP contribution is -2.47. The highest BCUT2D eigenvalue weighted by atomic mass is 32.2. The van der Waals surface area contributed by atoms with E-state index in [0.29, 0.717) is 45.4 Å². The number of piperidine rings is 1. The zero-order valence-corrected chi connectivity index (χ0v) is 12.0. The molecule has 2 aliphatic rings. The van der Waals surface area contributed by atoms with E-state index in [2.05, 4.69) is 0 Å². The summed E-state index contributed by atoms with van der Waals surface area (Å²) in [5.74, 6) is -0.639. The number of sulfonamides is 1. The van der Waals surface area contributed by atoms with Crippen LogP contribution in [0.2, 0.25) is 0 Å². The van der Waals surface area contributed by atoms with Gasteiger partial charge >= 0.3 is 5.97 Å². The molecule has 0 aliphatic carbocycles. The van der Waals surface area contributed by atoms with Crippen molar-refractivity contribution in [1.82, 2.24) is 4.31 Å². The van der Waals surface area contributed by atoms with Gasteiger partial charge in [0.25, 0.3) is 0 Å². The summed E-state index contributed by atoms with van der Waals surface area (Å²) in [5, 5.41) is -0.363. The molecule has 6 nitrogen and oxygen atoms in total. The predicted octanol–water partition coefficient (Wildman–Crippen LogP) is 0.380. The van der Waals surface area contributed by atoms with Gasteiger partial charge in [0, 0.05) is 26.3 Å². The molecule has 2 rings (SSSR count). The normalized spacial score (nSPS) is 27.1. The summed E-state index contributed by atoms with van der Waals surface area (Å²) in [6.45, 7) is 1.76. The van der Waals surface area contributed by atoms with Crippen molar-refractivity contribution < 1.29 is 22.7 Å². The topological polar surface area (TPSA) is 72.9 Å². The number of methoxy groups -OCH3 is 1. The number of esters is 1. The smallest absolute Gasteiger partial charge is 0.309 e. The van der Waals surface area contributed by atoms with Gasteiger partial charge in [-0.25, -0.2) is 12.7 Å². The maximum absolute atomic E-state index is 12.5. The first kappa shape index (κ1) is 14.7. The highest BCUT2D eigenvalue weighted by Crippen LogP contribution is 2.25. The Morgan fingerprint density at radius 3 is 2.58 bits per heavy atom. The molecule has 0 amide bonds. The Morgan fingerprint density at radius 1 is 1.26 bits per heavy atom. The summed E-state index contributed by atoms with van der Waals surface area (Å²) >= 11 is 0. The van der Waals surface area contributed by atoms with E-state index in [1.54, 1.807) is 0 Å². The molecule has 0 radical (unpaired) electrons. The van der Waals surface area contributed by atoms with E-state index in [9.17, 15) is 13.2 Å². The Balaban J connectivity index is 2.05. The third-order valence-corrected chi connectivity index (χ3v) is 6.23. The van der Waals surface area contributed by atoms with E-state index < -0.39 is 10.0 Å². The maximum atomic E-state index is 12.5. The fourth-order valence-electron chi connectivity index (χ4n) is 2.72. The van der Waals surface area contributed by atoms with Crippen molar-refractivity contribution in [1.29, 1.82) is 0 Å². The van der Waals surface area contributed by atoms with Gasteiger partial charge in [-0.15, -0.1) is 0 Å². The molecule has 2 saturated heterocycles. The molecule has 0 saturated carbocycles. The molecular formula is C12H21NO5S. The summed E-state index contributed by atoms with van der Waals surface area (Å²) in [7, 11) is -1.97. The van der Waals surface area contributed by atoms with Gasteiger partial charge in [0.1, 0.15) is 0 Å². The zero-order valence-electron chi connectivity index (χ0n) is 11.2. The van der Waals surface area contributed by atoms with Gasteiger partial charge in [-0.3, -0.25) is 4.79 Å². The van der Waals surface area contributed by atoms with Gasteiger partial charge in [-0.05, 0) is 25.7 Å². The first-order valence-corrected chi connectivity index (χ1v) is 8.20. The van der Waals surface area contributed by atoms with Crippen LogP contribution in [0.1, 0.15) is 25.7 Å². The predicted molar refractivity (Wildman–Crippen MR) is 69.1 cm³/mol. The molecule has 0 aromatic heterocycles. The second-order valence-electron chi connectivity index (χ2n) is 5.08. The van der Waals surface area contributed by atoms with Crippen LogP contribution in [0.5, 0.6) is 0 Å². The SMILES string of the molecule is COC(=O)C1CCCN(S(=O)(=O)C2CCOCC2)C1. The van der Waals surface area contributed by atoms with Gasteiger partial charge in [0.2, 0.25) is 10.0 Å². The van der Waals surface area contributed by atoms with Crippen LogP contribution in [0, 0.1) is 5.92 Å². The monoisotopic (exact) mass is 291 g/mol. The fraction of sp³-hybridized carbons (Fsp3) is 0.917. The second-order valence-corrected chi connectivity index (χ2v) is 7.29. The standard InChI is InChI=1S/C12H21NO5S/c1-17-12(14)10-3-2-6-13(9-10)19(15,16)11-4-7-18-8-5-11/h10-11H,2-9H2,1H3. The quantitative estimate of drug-likeness (QED) is 0.703. The van der Waals surface area contributed by atoms with Gasteiger partial charge in [-0.1, -0.05) is 0 Å². The van der Waals surface area contributed by atoms with Crippen molar-refractivity contribution in [2.24, 2.45) is 5.92 Å². The summed E-state index contributed by atoms with van der Waals surface area (Å²) in [4.78, 5) is 11.6. The Kier molecular flexibility index (Phi) is 4.81. The molecule has 2 heterocycles. The Morgan fingerprint density at radius 2 is 1.95 bits per heavy atom. The fourth-order valence-corrected chi connectivity index (χ4v) is 4.70. The molecule has 0 spiro atoms. The van der Waals surface area contributed by atoms with Crippen LogP contribution in [0.4, 0.5) is 0 Å². The second kappa shape index (κ2) is 6.19. The van der Waals surface area contributed by atoms with Gasteiger partial charge in [-0.2, -0.15) is 0 Å². The third-order valence-electron chi connectivity index (χ3n) is 3.87. The van der Waals surface area contributed by atoms with Crippen molar-refractivity contribution in [2.45, 2.75) is 30.9 Å². The molecule has 0 aromatic carbocycles. The molecular weight excluding hydrogens is 270 g/mol. The van der Waals surface area contributed by atoms with Gasteiger partial charge in [0.05, 0.1) is 18.3 Å².